The van der Waals surface area contributed by atoms with Gasteiger partial charge in [-0.1, -0.05) is 12.1 Å². The third kappa shape index (κ3) is 5.93. The molecule has 1 aromatic rings. The zero-order valence-corrected chi connectivity index (χ0v) is 20.2. The number of carbonyl (C=O) groups is 1. The first kappa shape index (κ1) is 24.6. The second kappa shape index (κ2) is 10.8. The van der Waals surface area contributed by atoms with E-state index in [9.17, 15) is 13.2 Å². The van der Waals surface area contributed by atoms with Crippen LogP contribution >= 0.6 is 0 Å². The highest BCUT2D eigenvalue weighted by Crippen LogP contribution is 2.26. The van der Waals surface area contributed by atoms with E-state index in [1.807, 2.05) is 0 Å². The first-order valence-electron chi connectivity index (χ1n) is 11.8. The average molecular weight is 481 g/mol. The minimum Gasteiger partial charge on any atom is -0.381 e. The number of fused-ring (bicyclic) bond motifs is 1. The predicted octanol–water partition coefficient (Wildman–Crippen LogP) is 0.504. The van der Waals surface area contributed by atoms with E-state index in [0.717, 1.165) is 44.3 Å². The Bertz CT molecular complexity index is 896. The van der Waals surface area contributed by atoms with Crippen molar-refractivity contribution >= 4 is 15.9 Å². The van der Waals surface area contributed by atoms with Gasteiger partial charge in [0, 0.05) is 26.8 Å². The topological polar surface area (TPSA) is 118 Å². The van der Waals surface area contributed by atoms with Crippen molar-refractivity contribution in [2.24, 2.45) is 5.92 Å². The summed E-state index contributed by atoms with van der Waals surface area (Å²) in [5.74, 6) is 0.505. The van der Waals surface area contributed by atoms with Crippen molar-refractivity contribution < 1.29 is 22.7 Å². The third-order valence-corrected chi connectivity index (χ3v) is 8.77. The second-order valence-corrected chi connectivity index (χ2v) is 11.1. The molecule has 10 heteroatoms. The van der Waals surface area contributed by atoms with E-state index in [1.54, 1.807) is 38.5 Å². The van der Waals surface area contributed by atoms with Crippen LogP contribution < -0.4 is 20.7 Å². The first-order chi connectivity index (χ1) is 15.9. The van der Waals surface area contributed by atoms with E-state index in [4.69, 9.17) is 9.47 Å². The molecule has 0 bridgehead atoms. The number of nitrogens with one attached hydrogen (secondary N) is 4. The maximum Gasteiger partial charge on any atom is 0.240 e. The molecule has 2 aliphatic heterocycles. The lowest BCUT2D eigenvalue weighted by molar-refractivity contribution is -0.123. The molecule has 2 heterocycles. The molecule has 0 radical (unpaired) electrons. The Labute approximate surface area is 196 Å². The van der Waals surface area contributed by atoms with Crippen LogP contribution in [-0.2, 0) is 30.8 Å². The van der Waals surface area contributed by atoms with Gasteiger partial charge in [-0.2, -0.15) is 0 Å². The minimum absolute atomic E-state index is 0.00151. The van der Waals surface area contributed by atoms with Gasteiger partial charge in [0.15, 0.2) is 0 Å². The molecule has 1 aliphatic carbocycles. The van der Waals surface area contributed by atoms with Crippen LogP contribution in [0.5, 0.6) is 0 Å². The largest absolute Gasteiger partial charge is 0.381 e. The quantitative estimate of drug-likeness (QED) is 0.428. The number of carbonyl (C=O) groups excluding carboxylic acids is 1. The average Bonchev–Trinajstić information content (AvgIpc) is 3.27. The van der Waals surface area contributed by atoms with Gasteiger partial charge in [0.05, 0.1) is 29.2 Å². The SMILES string of the molecule is COC1CCC(OC)C(NS(=O)(=O)c2ccc(CNC(=O)C3CC4CNCCC4N3)cc2)C1. The van der Waals surface area contributed by atoms with Crippen molar-refractivity contribution in [3.05, 3.63) is 29.8 Å². The van der Waals surface area contributed by atoms with Crippen molar-refractivity contribution in [1.29, 1.82) is 0 Å². The van der Waals surface area contributed by atoms with Crippen LogP contribution in [0.2, 0.25) is 0 Å². The molecule has 33 heavy (non-hydrogen) atoms. The first-order valence-corrected chi connectivity index (χ1v) is 13.3. The van der Waals surface area contributed by atoms with Gasteiger partial charge in [-0.25, -0.2) is 13.1 Å². The lowest BCUT2D eigenvalue weighted by atomic mass is 9.91. The zero-order valence-electron chi connectivity index (χ0n) is 19.4. The van der Waals surface area contributed by atoms with Crippen molar-refractivity contribution in [1.82, 2.24) is 20.7 Å². The summed E-state index contributed by atoms with van der Waals surface area (Å²) in [7, 11) is -0.445. The fourth-order valence-corrected chi connectivity index (χ4v) is 6.57. The maximum atomic E-state index is 12.9. The molecule has 1 amide bonds. The van der Waals surface area contributed by atoms with Crippen LogP contribution in [0.3, 0.4) is 0 Å². The summed E-state index contributed by atoms with van der Waals surface area (Å²) < 4.78 is 39.6. The van der Waals surface area contributed by atoms with E-state index in [0.29, 0.717) is 24.9 Å². The van der Waals surface area contributed by atoms with Crippen LogP contribution in [0.15, 0.2) is 29.2 Å². The fourth-order valence-electron chi connectivity index (χ4n) is 5.29. The standard InChI is InChI=1S/C23H36N4O5S/c1-31-17-5-8-22(32-2)20(12-17)27-33(29,30)18-6-3-15(4-7-18)13-25-23(28)21-11-16-14-24-10-9-19(16)26-21/h3-4,6-7,16-17,19-22,24,26-27H,5,8-14H2,1-2H3,(H,25,28). The Morgan fingerprint density at radius 3 is 2.58 bits per heavy atom. The normalized spacial score (nSPS) is 32.3. The number of methoxy groups -OCH3 is 2. The molecule has 2 saturated heterocycles. The Morgan fingerprint density at radius 2 is 1.88 bits per heavy atom. The molecule has 1 aromatic carbocycles. The summed E-state index contributed by atoms with van der Waals surface area (Å²) in [6, 6.07) is 6.56. The molecule has 184 valence electrons. The van der Waals surface area contributed by atoms with E-state index in [2.05, 4.69) is 20.7 Å². The molecule has 4 N–H and O–H groups in total. The number of rotatable bonds is 8. The van der Waals surface area contributed by atoms with Gasteiger partial charge in [0.2, 0.25) is 15.9 Å². The molecule has 3 aliphatic rings. The molecular formula is C23H36N4O5S. The summed E-state index contributed by atoms with van der Waals surface area (Å²) in [4.78, 5) is 12.8. The van der Waals surface area contributed by atoms with E-state index in [-0.39, 0.29) is 35.1 Å². The van der Waals surface area contributed by atoms with Gasteiger partial charge in [-0.05, 0) is 68.8 Å². The summed E-state index contributed by atoms with van der Waals surface area (Å²) in [5, 5.41) is 9.82. The number of benzene rings is 1. The molecule has 3 fully saturated rings. The van der Waals surface area contributed by atoms with Crippen molar-refractivity contribution in [2.75, 3.05) is 27.3 Å². The van der Waals surface area contributed by atoms with Gasteiger partial charge in [-0.3, -0.25) is 4.79 Å². The van der Waals surface area contributed by atoms with Crippen molar-refractivity contribution in [3.63, 3.8) is 0 Å². The minimum atomic E-state index is -3.70. The van der Waals surface area contributed by atoms with Crippen LogP contribution in [-0.4, -0.2) is 72.0 Å². The molecular weight excluding hydrogens is 444 g/mol. The Kier molecular flexibility index (Phi) is 8.03. The molecule has 9 nitrogen and oxygen atoms in total. The van der Waals surface area contributed by atoms with E-state index in [1.165, 1.54) is 0 Å². The molecule has 0 spiro atoms. The number of sulfonamides is 1. The van der Waals surface area contributed by atoms with Crippen LogP contribution in [0.1, 0.15) is 37.7 Å². The smallest absolute Gasteiger partial charge is 0.240 e. The highest BCUT2D eigenvalue weighted by molar-refractivity contribution is 7.89. The Balaban J connectivity index is 1.31. The van der Waals surface area contributed by atoms with Crippen LogP contribution in [0.25, 0.3) is 0 Å². The monoisotopic (exact) mass is 480 g/mol. The number of piperidine rings is 1. The van der Waals surface area contributed by atoms with Gasteiger partial charge >= 0.3 is 0 Å². The zero-order chi connectivity index (χ0) is 23.4. The number of hydrogen-bond donors (Lipinski definition) is 4. The Morgan fingerprint density at radius 1 is 1.09 bits per heavy atom. The maximum absolute atomic E-state index is 12.9. The molecule has 1 saturated carbocycles. The van der Waals surface area contributed by atoms with E-state index >= 15 is 0 Å². The summed E-state index contributed by atoms with van der Waals surface area (Å²) in [6.07, 6.45) is 3.91. The van der Waals surface area contributed by atoms with Gasteiger partial charge < -0.3 is 25.4 Å². The summed E-state index contributed by atoms with van der Waals surface area (Å²) in [5.41, 5.74) is 0.853. The van der Waals surface area contributed by atoms with Gasteiger partial charge in [0.1, 0.15) is 0 Å². The number of ether oxygens (including phenoxy) is 2. The molecule has 6 atom stereocenters. The number of amides is 1. The number of hydrogen-bond acceptors (Lipinski definition) is 7. The van der Waals surface area contributed by atoms with Gasteiger partial charge in [0.25, 0.3) is 0 Å². The highest BCUT2D eigenvalue weighted by atomic mass is 32.2. The van der Waals surface area contributed by atoms with Crippen molar-refractivity contribution in [3.8, 4) is 0 Å². The van der Waals surface area contributed by atoms with E-state index < -0.39 is 10.0 Å². The molecule has 6 unspecified atom stereocenters. The second-order valence-electron chi connectivity index (χ2n) is 9.35. The third-order valence-electron chi connectivity index (χ3n) is 7.26. The Hall–Kier alpha value is -1.56. The summed E-state index contributed by atoms with van der Waals surface area (Å²) in [6.45, 7) is 2.32. The lowest BCUT2D eigenvalue weighted by Crippen LogP contribution is -2.49. The van der Waals surface area contributed by atoms with Gasteiger partial charge in [-0.15, -0.1) is 0 Å². The van der Waals surface area contributed by atoms with Crippen molar-refractivity contribution in [2.45, 2.75) is 73.9 Å². The highest BCUT2D eigenvalue weighted by Gasteiger charge is 2.38. The predicted molar refractivity (Wildman–Crippen MR) is 124 cm³/mol. The van der Waals surface area contributed by atoms with Crippen LogP contribution in [0.4, 0.5) is 0 Å². The lowest BCUT2D eigenvalue weighted by Gasteiger charge is -2.34. The van der Waals surface area contributed by atoms with Crippen LogP contribution in [0, 0.1) is 5.92 Å². The fraction of sp³-hybridized carbons (Fsp3) is 0.696. The molecule has 0 aromatic heterocycles. The molecule has 4 rings (SSSR count). The summed E-state index contributed by atoms with van der Waals surface area (Å²) >= 11 is 0.